The van der Waals surface area contributed by atoms with Crippen LogP contribution in [0.3, 0.4) is 0 Å². The van der Waals surface area contributed by atoms with E-state index in [1.165, 1.54) is 11.3 Å². The van der Waals surface area contributed by atoms with Crippen LogP contribution in [0, 0.1) is 11.8 Å². The zero-order valence-corrected chi connectivity index (χ0v) is 15.5. The van der Waals surface area contributed by atoms with Crippen molar-refractivity contribution in [2.45, 2.75) is 25.3 Å². The fraction of sp³-hybridized carbons (Fsp3) is 0.273. The third-order valence-corrected chi connectivity index (χ3v) is 5.73. The summed E-state index contributed by atoms with van der Waals surface area (Å²) in [4.78, 5) is 17.8. The minimum absolute atomic E-state index is 0.150. The molecule has 3 atom stereocenters. The van der Waals surface area contributed by atoms with Gasteiger partial charge in [-0.1, -0.05) is 42.5 Å². The maximum atomic E-state index is 6.03. The molecule has 0 radical (unpaired) electrons. The third kappa shape index (κ3) is 3.01. The van der Waals surface area contributed by atoms with Gasteiger partial charge in [0.1, 0.15) is 5.82 Å². The summed E-state index contributed by atoms with van der Waals surface area (Å²) in [7, 11) is 0. The first-order valence-electron chi connectivity index (χ1n) is 9.63. The minimum Gasteiger partial charge on any atom is -0.383 e. The lowest BCUT2D eigenvalue weighted by Crippen LogP contribution is -2.27. The average molecular weight is 370 g/mol. The molecular formula is C22H22N6. The smallest absolute Gasteiger partial charge is 0.224 e. The number of aromatic nitrogens is 3. The lowest BCUT2D eigenvalue weighted by Gasteiger charge is -2.28. The summed E-state index contributed by atoms with van der Waals surface area (Å²) in [6, 6.07) is 2.21. The predicted molar refractivity (Wildman–Crippen MR) is 113 cm³/mol. The summed E-state index contributed by atoms with van der Waals surface area (Å²) in [6.07, 6.45) is 20.2. The zero-order valence-electron chi connectivity index (χ0n) is 15.5. The van der Waals surface area contributed by atoms with Gasteiger partial charge in [-0.05, 0) is 36.0 Å². The first-order chi connectivity index (χ1) is 13.7. The van der Waals surface area contributed by atoms with E-state index in [9.17, 15) is 0 Å². The Labute approximate surface area is 163 Å². The highest BCUT2D eigenvalue weighted by molar-refractivity contribution is 5.91. The molecule has 0 aromatic carbocycles. The molecule has 3 heterocycles. The van der Waals surface area contributed by atoms with Crippen LogP contribution in [0.2, 0.25) is 0 Å². The number of nitrogens with two attached hydrogens (primary N) is 2. The van der Waals surface area contributed by atoms with Gasteiger partial charge in [-0.25, -0.2) is 4.98 Å². The topological polar surface area (TPSA) is 103 Å². The SMILES string of the molecule is Nc1nc(N)c2cc(CC3C=CCC4=NC5C=CC=CC5=CCC43)cnc2n1. The van der Waals surface area contributed by atoms with Crippen LogP contribution < -0.4 is 11.5 Å². The number of nitrogen functional groups attached to an aromatic ring is 2. The van der Waals surface area contributed by atoms with Crippen molar-refractivity contribution in [1.82, 2.24) is 15.0 Å². The van der Waals surface area contributed by atoms with Crippen LogP contribution in [0.5, 0.6) is 0 Å². The molecule has 5 rings (SSSR count). The molecule has 6 heteroatoms. The molecule has 0 saturated heterocycles. The van der Waals surface area contributed by atoms with Crippen LogP contribution >= 0.6 is 0 Å². The minimum atomic E-state index is 0.150. The molecule has 3 aliphatic rings. The van der Waals surface area contributed by atoms with Gasteiger partial charge in [0, 0.05) is 24.2 Å². The molecule has 0 saturated carbocycles. The summed E-state index contributed by atoms with van der Waals surface area (Å²) >= 11 is 0. The highest BCUT2D eigenvalue weighted by Crippen LogP contribution is 2.34. The van der Waals surface area contributed by atoms with Crippen LogP contribution in [0.25, 0.3) is 11.0 Å². The molecule has 0 spiro atoms. The number of anilines is 2. The molecule has 2 aromatic rings. The summed E-state index contributed by atoms with van der Waals surface area (Å²) < 4.78 is 0. The molecule has 140 valence electrons. The van der Waals surface area contributed by atoms with E-state index in [2.05, 4.69) is 57.5 Å². The number of fused-ring (bicyclic) bond motifs is 3. The summed E-state index contributed by atoms with van der Waals surface area (Å²) in [5.41, 5.74) is 16.0. The van der Waals surface area contributed by atoms with Crippen LogP contribution in [0.15, 0.2) is 65.4 Å². The number of hydrogen-bond donors (Lipinski definition) is 2. The van der Waals surface area contributed by atoms with Gasteiger partial charge < -0.3 is 11.5 Å². The van der Waals surface area contributed by atoms with Gasteiger partial charge >= 0.3 is 0 Å². The van der Waals surface area contributed by atoms with Gasteiger partial charge in [-0.15, -0.1) is 0 Å². The third-order valence-electron chi connectivity index (χ3n) is 5.73. The van der Waals surface area contributed by atoms with Crippen molar-refractivity contribution in [2.75, 3.05) is 11.5 Å². The molecule has 0 bridgehead atoms. The summed E-state index contributed by atoms with van der Waals surface area (Å²) in [6.45, 7) is 0. The lowest BCUT2D eigenvalue weighted by molar-refractivity contribution is 0.490. The molecule has 2 aromatic heterocycles. The van der Waals surface area contributed by atoms with Crippen molar-refractivity contribution in [3.63, 3.8) is 0 Å². The second-order valence-corrected chi connectivity index (χ2v) is 7.54. The Morgan fingerprint density at radius 2 is 2.04 bits per heavy atom. The summed E-state index contributed by atoms with van der Waals surface area (Å²) in [5.74, 6) is 1.32. The Bertz CT molecular complexity index is 1090. The predicted octanol–water partition coefficient (Wildman–Crippen LogP) is 3.19. The van der Waals surface area contributed by atoms with Gasteiger partial charge in [0.05, 0.1) is 11.4 Å². The normalized spacial score (nSPS) is 25.6. The first-order valence-corrected chi connectivity index (χ1v) is 9.63. The van der Waals surface area contributed by atoms with E-state index in [0.29, 0.717) is 23.3 Å². The number of pyridine rings is 1. The van der Waals surface area contributed by atoms with E-state index in [-0.39, 0.29) is 12.0 Å². The highest BCUT2D eigenvalue weighted by Gasteiger charge is 2.29. The van der Waals surface area contributed by atoms with E-state index >= 15 is 0 Å². The second kappa shape index (κ2) is 6.71. The van der Waals surface area contributed by atoms with Crippen LogP contribution in [-0.2, 0) is 6.42 Å². The van der Waals surface area contributed by atoms with Gasteiger partial charge in [0.2, 0.25) is 5.95 Å². The molecule has 1 aliphatic heterocycles. The number of aliphatic imine (C=N–C) groups is 1. The van der Waals surface area contributed by atoms with Gasteiger partial charge in [0.15, 0.2) is 5.65 Å². The Morgan fingerprint density at radius 3 is 2.96 bits per heavy atom. The van der Waals surface area contributed by atoms with Crippen molar-refractivity contribution < 1.29 is 0 Å². The quantitative estimate of drug-likeness (QED) is 0.790. The van der Waals surface area contributed by atoms with Gasteiger partial charge in [-0.2, -0.15) is 9.97 Å². The Balaban J connectivity index is 1.45. The molecule has 4 N–H and O–H groups in total. The van der Waals surface area contributed by atoms with Crippen molar-refractivity contribution >= 4 is 28.5 Å². The Morgan fingerprint density at radius 1 is 1.11 bits per heavy atom. The number of nitrogens with zero attached hydrogens (tertiary/aromatic N) is 4. The maximum absolute atomic E-state index is 6.03. The number of hydrogen-bond acceptors (Lipinski definition) is 6. The average Bonchev–Trinajstić information content (AvgIpc) is 2.88. The van der Waals surface area contributed by atoms with Crippen molar-refractivity contribution in [1.29, 1.82) is 0 Å². The van der Waals surface area contributed by atoms with E-state index in [1.807, 2.05) is 12.3 Å². The molecule has 6 nitrogen and oxygen atoms in total. The lowest BCUT2D eigenvalue weighted by atomic mass is 9.77. The molecule has 3 unspecified atom stereocenters. The standard InChI is InChI=1S/C22H22N6/c23-20-17-11-13(12-25-21(17)28-22(24)27-20)10-15-5-3-7-19-16(15)9-8-14-4-1-2-6-18(14)26-19/h1-6,8,11-12,15-16,18H,7,9-10H2,(H4,23,24,25,27,28). The van der Waals surface area contributed by atoms with Crippen molar-refractivity contribution in [3.8, 4) is 0 Å². The molecule has 0 fully saturated rings. The molecular weight excluding hydrogens is 348 g/mol. The second-order valence-electron chi connectivity index (χ2n) is 7.54. The van der Waals surface area contributed by atoms with E-state index in [1.54, 1.807) is 0 Å². The zero-order chi connectivity index (χ0) is 19.1. The van der Waals surface area contributed by atoms with Gasteiger partial charge in [0.25, 0.3) is 0 Å². The van der Waals surface area contributed by atoms with E-state index in [4.69, 9.17) is 16.5 Å². The maximum Gasteiger partial charge on any atom is 0.224 e. The molecule has 2 aliphatic carbocycles. The fourth-order valence-electron chi connectivity index (χ4n) is 4.34. The largest absolute Gasteiger partial charge is 0.383 e. The summed E-state index contributed by atoms with van der Waals surface area (Å²) in [5, 5.41) is 0.754. The van der Waals surface area contributed by atoms with E-state index < -0.39 is 0 Å². The number of rotatable bonds is 2. The van der Waals surface area contributed by atoms with Crippen LogP contribution in [0.4, 0.5) is 11.8 Å². The molecule has 0 amide bonds. The van der Waals surface area contributed by atoms with Gasteiger partial charge in [-0.3, -0.25) is 4.99 Å². The highest BCUT2D eigenvalue weighted by atomic mass is 15.1. The van der Waals surface area contributed by atoms with Crippen molar-refractivity contribution in [3.05, 3.63) is 65.9 Å². The van der Waals surface area contributed by atoms with Crippen molar-refractivity contribution in [2.24, 2.45) is 16.8 Å². The van der Waals surface area contributed by atoms with E-state index in [0.717, 1.165) is 30.2 Å². The Hall–Kier alpha value is -3.28. The fourth-order valence-corrected chi connectivity index (χ4v) is 4.34. The van der Waals surface area contributed by atoms with Crippen LogP contribution in [-0.4, -0.2) is 26.7 Å². The van der Waals surface area contributed by atoms with Crippen LogP contribution in [0.1, 0.15) is 18.4 Å². The Kier molecular flexibility index (Phi) is 4.04. The first kappa shape index (κ1) is 16.9. The molecule has 28 heavy (non-hydrogen) atoms. The monoisotopic (exact) mass is 370 g/mol. The number of allylic oxidation sites excluding steroid dienone is 5.